The van der Waals surface area contributed by atoms with Crippen LogP contribution in [-0.4, -0.2) is 31.8 Å². The van der Waals surface area contributed by atoms with Crippen molar-refractivity contribution in [3.63, 3.8) is 0 Å². The predicted octanol–water partition coefficient (Wildman–Crippen LogP) is 3.50. The Bertz CT molecular complexity index is 457. The number of anilines is 1. The number of ether oxygens (including phenoxy) is 1. The second-order valence-corrected chi connectivity index (χ2v) is 7.15. The van der Waals surface area contributed by atoms with E-state index in [1.54, 1.807) is 0 Å². The van der Waals surface area contributed by atoms with Crippen molar-refractivity contribution in [2.24, 2.45) is 0 Å². The van der Waals surface area contributed by atoms with Crippen LogP contribution in [0, 0.1) is 6.92 Å². The second-order valence-electron chi connectivity index (χ2n) is 7.15. The standard InChI is InChI=1S/C18H30N2O/c1-14-12-15(13-19-18(2,3)4)6-7-17(14)20-10-8-16(21-5)9-11-20/h6-7,12,16,19H,8-11,13H2,1-5H3. The van der Waals surface area contributed by atoms with Gasteiger partial charge in [0.2, 0.25) is 0 Å². The Balaban J connectivity index is 1.99. The Morgan fingerprint density at radius 1 is 1.24 bits per heavy atom. The van der Waals surface area contributed by atoms with Crippen molar-refractivity contribution in [1.82, 2.24) is 5.32 Å². The van der Waals surface area contributed by atoms with Gasteiger partial charge < -0.3 is 15.0 Å². The van der Waals surface area contributed by atoms with Crippen molar-refractivity contribution in [3.8, 4) is 0 Å². The molecule has 1 aromatic carbocycles. The van der Waals surface area contributed by atoms with Crippen molar-refractivity contribution >= 4 is 5.69 Å². The largest absolute Gasteiger partial charge is 0.381 e. The number of rotatable bonds is 4. The lowest BCUT2D eigenvalue weighted by Crippen LogP contribution is -2.37. The average Bonchev–Trinajstić information content (AvgIpc) is 2.45. The summed E-state index contributed by atoms with van der Waals surface area (Å²) in [5.41, 5.74) is 4.27. The minimum Gasteiger partial charge on any atom is -0.381 e. The van der Waals surface area contributed by atoms with E-state index in [4.69, 9.17) is 4.74 Å². The third-order valence-corrected chi connectivity index (χ3v) is 4.20. The van der Waals surface area contributed by atoms with Gasteiger partial charge in [0, 0.05) is 38.0 Å². The lowest BCUT2D eigenvalue weighted by atomic mass is 10.0. The minimum absolute atomic E-state index is 0.161. The molecular weight excluding hydrogens is 260 g/mol. The Labute approximate surface area is 129 Å². The highest BCUT2D eigenvalue weighted by Crippen LogP contribution is 2.25. The van der Waals surface area contributed by atoms with Crippen LogP contribution < -0.4 is 10.2 Å². The SMILES string of the molecule is COC1CCN(c2ccc(CNC(C)(C)C)cc2C)CC1. The molecule has 0 aromatic heterocycles. The molecule has 3 nitrogen and oxygen atoms in total. The molecule has 2 rings (SSSR count). The van der Waals surface area contributed by atoms with E-state index in [9.17, 15) is 0 Å². The highest BCUT2D eigenvalue weighted by atomic mass is 16.5. The molecule has 1 aromatic rings. The first-order valence-electron chi connectivity index (χ1n) is 8.01. The van der Waals surface area contributed by atoms with Crippen molar-refractivity contribution in [2.75, 3.05) is 25.1 Å². The summed E-state index contributed by atoms with van der Waals surface area (Å²) in [6.07, 6.45) is 2.70. The molecule has 118 valence electrons. The number of methoxy groups -OCH3 is 1. The molecule has 0 radical (unpaired) electrons. The van der Waals surface area contributed by atoms with Crippen LogP contribution >= 0.6 is 0 Å². The molecule has 0 aliphatic carbocycles. The maximum atomic E-state index is 5.45. The van der Waals surface area contributed by atoms with Gasteiger partial charge in [0.05, 0.1) is 6.10 Å². The van der Waals surface area contributed by atoms with E-state index >= 15 is 0 Å². The summed E-state index contributed by atoms with van der Waals surface area (Å²) < 4.78 is 5.45. The van der Waals surface area contributed by atoms with Crippen LogP contribution in [0.15, 0.2) is 18.2 Å². The van der Waals surface area contributed by atoms with Gasteiger partial charge in [-0.25, -0.2) is 0 Å². The Kier molecular flexibility index (Phi) is 5.28. The second kappa shape index (κ2) is 6.80. The topological polar surface area (TPSA) is 24.5 Å². The molecule has 0 saturated carbocycles. The Morgan fingerprint density at radius 3 is 2.43 bits per heavy atom. The lowest BCUT2D eigenvalue weighted by Gasteiger charge is -2.34. The monoisotopic (exact) mass is 290 g/mol. The zero-order valence-electron chi connectivity index (χ0n) is 14.2. The molecule has 3 heteroatoms. The zero-order valence-corrected chi connectivity index (χ0v) is 14.2. The number of piperidine rings is 1. The van der Waals surface area contributed by atoms with Crippen LogP contribution in [0.3, 0.4) is 0 Å². The van der Waals surface area contributed by atoms with Gasteiger partial charge >= 0.3 is 0 Å². The summed E-state index contributed by atoms with van der Waals surface area (Å²) in [7, 11) is 1.82. The average molecular weight is 290 g/mol. The maximum Gasteiger partial charge on any atom is 0.0605 e. The highest BCUT2D eigenvalue weighted by molar-refractivity contribution is 5.54. The summed E-state index contributed by atoms with van der Waals surface area (Å²) >= 11 is 0. The summed E-state index contributed by atoms with van der Waals surface area (Å²) in [6.45, 7) is 11.9. The van der Waals surface area contributed by atoms with Crippen LogP contribution in [0.2, 0.25) is 0 Å². The fourth-order valence-corrected chi connectivity index (χ4v) is 2.88. The molecule has 1 N–H and O–H groups in total. The van der Waals surface area contributed by atoms with Gasteiger partial charge in [-0.1, -0.05) is 12.1 Å². The summed E-state index contributed by atoms with van der Waals surface area (Å²) in [5.74, 6) is 0. The quantitative estimate of drug-likeness (QED) is 0.918. The molecule has 0 bridgehead atoms. The fourth-order valence-electron chi connectivity index (χ4n) is 2.88. The van der Waals surface area contributed by atoms with Crippen LogP contribution in [0.5, 0.6) is 0 Å². The summed E-state index contributed by atoms with van der Waals surface area (Å²) in [4.78, 5) is 2.49. The van der Waals surface area contributed by atoms with E-state index in [-0.39, 0.29) is 5.54 Å². The van der Waals surface area contributed by atoms with Crippen LogP contribution in [0.4, 0.5) is 5.69 Å². The van der Waals surface area contributed by atoms with Gasteiger partial charge in [-0.05, 0) is 57.7 Å². The van der Waals surface area contributed by atoms with Crippen molar-refractivity contribution in [2.45, 2.75) is 58.7 Å². The molecule has 0 spiro atoms. The number of aryl methyl sites for hydroxylation is 1. The molecular formula is C18H30N2O. The fraction of sp³-hybridized carbons (Fsp3) is 0.667. The molecule has 0 unspecified atom stereocenters. The van der Waals surface area contributed by atoms with E-state index in [0.717, 1.165) is 32.5 Å². The molecule has 1 saturated heterocycles. The Hall–Kier alpha value is -1.06. The molecule has 21 heavy (non-hydrogen) atoms. The number of nitrogens with zero attached hydrogens (tertiary/aromatic N) is 1. The number of nitrogens with one attached hydrogen (secondary N) is 1. The maximum absolute atomic E-state index is 5.45. The van der Waals surface area contributed by atoms with Crippen LogP contribution in [0.25, 0.3) is 0 Å². The third-order valence-electron chi connectivity index (χ3n) is 4.20. The molecule has 0 atom stereocenters. The van der Waals surface area contributed by atoms with E-state index in [1.807, 2.05) is 7.11 Å². The van der Waals surface area contributed by atoms with E-state index in [2.05, 4.69) is 56.1 Å². The number of hydrogen-bond acceptors (Lipinski definition) is 3. The van der Waals surface area contributed by atoms with E-state index in [1.165, 1.54) is 16.8 Å². The Morgan fingerprint density at radius 2 is 1.90 bits per heavy atom. The smallest absolute Gasteiger partial charge is 0.0605 e. The van der Waals surface area contributed by atoms with Gasteiger partial charge in [-0.15, -0.1) is 0 Å². The first-order valence-corrected chi connectivity index (χ1v) is 8.01. The van der Waals surface area contributed by atoms with E-state index < -0.39 is 0 Å². The van der Waals surface area contributed by atoms with Crippen LogP contribution in [0.1, 0.15) is 44.7 Å². The van der Waals surface area contributed by atoms with Gasteiger partial charge in [0.25, 0.3) is 0 Å². The molecule has 1 fully saturated rings. The third kappa shape index (κ3) is 4.72. The van der Waals surface area contributed by atoms with Gasteiger partial charge in [0.1, 0.15) is 0 Å². The minimum atomic E-state index is 0.161. The van der Waals surface area contributed by atoms with E-state index in [0.29, 0.717) is 6.10 Å². The predicted molar refractivity (Wildman–Crippen MR) is 90.0 cm³/mol. The van der Waals surface area contributed by atoms with Crippen LogP contribution in [-0.2, 0) is 11.3 Å². The normalized spacial score (nSPS) is 17.3. The number of benzene rings is 1. The van der Waals surface area contributed by atoms with Gasteiger partial charge in [-0.3, -0.25) is 0 Å². The van der Waals surface area contributed by atoms with Crippen molar-refractivity contribution in [1.29, 1.82) is 0 Å². The first-order chi connectivity index (χ1) is 9.89. The summed E-state index contributed by atoms with van der Waals surface area (Å²) in [6, 6.07) is 6.85. The number of hydrogen-bond donors (Lipinski definition) is 1. The van der Waals surface area contributed by atoms with Crippen molar-refractivity contribution in [3.05, 3.63) is 29.3 Å². The molecule has 1 aliphatic heterocycles. The van der Waals surface area contributed by atoms with Crippen molar-refractivity contribution < 1.29 is 4.74 Å². The van der Waals surface area contributed by atoms with Gasteiger partial charge in [0.15, 0.2) is 0 Å². The molecule has 1 aliphatic rings. The highest BCUT2D eigenvalue weighted by Gasteiger charge is 2.20. The van der Waals surface area contributed by atoms with Gasteiger partial charge in [-0.2, -0.15) is 0 Å². The molecule has 1 heterocycles. The lowest BCUT2D eigenvalue weighted by molar-refractivity contribution is 0.0819. The summed E-state index contributed by atoms with van der Waals surface area (Å²) in [5, 5.41) is 3.55. The first kappa shape index (κ1) is 16.3. The molecule has 0 amide bonds. The zero-order chi connectivity index (χ0) is 15.5.